The summed E-state index contributed by atoms with van der Waals surface area (Å²) in [5.41, 5.74) is 0. The summed E-state index contributed by atoms with van der Waals surface area (Å²) in [4.78, 5) is 15.6. The third-order valence-electron chi connectivity index (χ3n) is 2.15. The van der Waals surface area contributed by atoms with Gasteiger partial charge in [-0.3, -0.25) is 4.79 Å². The van der Waals surface area contributed by atoms with Crippen molar-refractivity contribution >= 4 is 5.91 Å². The van der Waals surface area contributed by atoms with Crippen molar-refractivity contribution in [3.8, 4) is 0 Å². The van der Waals surface area contributed by atoms with Crippen LogP contribution in [0.4, 0.5) is 0 Å². The maximum absolute atomic E-state index is 11.5. The van der Waals surface area contributed by atoms with Gasteiger partial charge >= 0.3 is 0 Å². The molecule has 0 radical (unpaired) electrons. The van der Waals surface area contributed by atoms with Gasteiger partial charge in [0, 0.05) is 20.1 Å². The molecule has 1 amide bonds. The largest absolute Gasteiger partial charge is 0.459 e. The van der Waals surface area contributed by atoms with Crippen molar-refractivity contribution in [3.63, 3.8) is 0 Å². The van der Waals surface area contributed by atoms with E-state index in [9.17, 15) is 4.79 Å². The van der Waals surface area contributed by atoms with E-state index in [0.29, 0.717) is 31.3 Å². The maximum atomic E-state index is 11.5. The first kappa shape index (κ1) is 12.3. The molecule has 0 saturated carbocycles. The second-order valence-corrected chi connectivity index (χ2v) is 3.52. The molecule has 0 atom stereocenters. The molecule has 0 aromatic carbocycles. The lowest BCUT2D eigenvalue weighted by atomic mass is 10.4. The van der Waals surface area contributed by atoms with Crippen LogP contribution in [0.25, 0.3) is 0 Å². The van der Waals surface area contributed by atoms with Gasteiger partial charge in [0.25, 0.3) is 5.91 Å². The molecule has 7 nitrogen and oxygen atoms in total. The van der Waals surface area contributed by atoms with E-state index < -0.39 is 0 Å². The third-order valence-corrected chi connectivity index (χ3v) is 2.15. The molecule has 2 heterocycles. The molecular formula is C11H13N3O4. The zero-order valence-corrected chi connectivity index (χ0v) is 9.88. The molecule has 2 aromatic heterocycles. The number of carbonyl (C=O) groups is 1. The van der Waals surface area contributed by atoms with Crippen LogP contribution >= 0.6 is 0 Å². The van der Waals surface area contributed by atoms with Crippen molar-refractivity contribution in [2.45, 2.75) is 13.0 Å². The molecule has 18 heavy (non-hydrogen) atoms. The van der Waals surface area contributed by atoms with Crippen LogP contribution in [0.3, 0.4) is 0 Å². The zero-order chi connectivity index (χ0) is 12.8. The minimum atomic E-state index is -0.267. The lowest BCUT2D eigenvalue weighted by Crippen LogP contribution is -2.25. The van der Waals surface area contributed by atoms with Crippen molar-refractivity contribution in [2.75, 3.05) is 13.7 Å². The number of amides is 1. The monoisotopic (exact) mass is 251 g/mol. The first-order chi connectivity index (χ1) is 8.79. The lowest BCUT2D eigenvalue weighted by Gasteiger charge is -1.99. The van der Waals surface area contributed by atoms with E-state index >= 15 is 0 Å². The summed E-state index contributed by atoms with van der Waals surface area (Å²) in [5.74, 6) is 0.962. The zero-order valence-electron chi connectivity index (χ0n) is 9.88. The van der Waals surface area contributed by atoms with Crippen molar-refractivity contribution in [2.24, 2.45) is 0 Å². The average Bonchev–Trinajstić information content (AvgIpc) is 3.00. The van der Waals surface area contributed by atoms with E-state index in [2.05, 4.69) is 15.5 Å². The van der Waals surface area contributed by atoms with E-state index in [1.165, 1.54) is 6.26 Å². The predicted octanol–water partition coefficient (Wildman–Crippen LogP) is 0.782. The second kappa shape index (κ2) is 5.97. The van der Waals surface area contributed by atoms with Gasteiger partial charge in [-0.1, -0.05) is 5.16 Å². The third kappa shape index (κ3) is 3.17. The Hall–Kier alpha value is -2.15. The number of hydrogen-bond acceptors (Lipinski definition) is 6. The topological polar surface area (TPSA) is 90.4 Å². The molecule has 0 unspecified atom stereocenters. The fourth-order valence-electron chi connectivity index (χ4n) is 1.36. The molecule has 0 bridgehead atoms. The summed E-state index contributed by atoms with van der Waals surface area (Å²) in [6.45, 7) is 0.705. The van der Waals surface area contributed by atoms with Gasteiger partial charge in [0.2, 0.25) is 5.89 Å². The van der Waals surface area contributed by atoms with Crippen molar-refractivity contribution < 1.29 is 18.5 Å². The molecule has 2 rings (SSSR count). The van der Waals surface area contributed by atoms with Gasteiger partial charge in [-0.15, -0.1) is 0 Å². The molecule has 0 fully saturated rings. The number of ether oxygens (including phenoxy) is 1. The average molecular weight is 251 g/mol. The molecule has 0 aliphatic heterocycles. The summed E-state index contributed by atoms with van der Waals surface area (Å²) in [5, 5.41) is 6.39. The highest BCUT2D eigenvalue weighted by molar-refractivity contribution is 5.91. The van der Waals surface area contributed by atoms with Gasteiger partial charge < -0.3 is 19.0 Å². The second-order valence-electron chi connectivity index (χ2n) is 3.52. The van der Waals surface area contributed by atoms with Gasteiger partial charge in [0.1, 0.15) is 6.61 Å². The van der Waals surface area contributed by atoms with E-state index in [1.807, 2.05) is 0 Å². The van der Waals surface area contributed by atoms with Gasteiger partial charge in [-0.25, -0.2) is 0 Å². The highest BCUT2D eigenvalue weighted by atomic mass is 16.5. The Labute approximate surface area is 103 Å². The molecular weight excluding hydrogens is 238 g/mol. The Balaban J connectivity index is 1.76. The lowest BCUT2D eigenvalue weighted by molar-refractivity contribution is 0.0925. The summed E-state index contributed by atoms with van der Waals surface area (Å²) in [7, 11) is 1.56. The highest BCUT2D eigenvalue weighted by Gasteiger charge is 2.09. The molecule has 96 valence electrons. The predicted molar refractivity (Wildman–Crippen MR) is 59.8 cm³/mol. The normalized spacial score (nSPS) is 10.5. The van der Waals surface area contributed by atoms with E-state index in [-0.39, 0.29) is 11.7 Å². The SMILES string of the molecule is COCc1noc(CCNC(=O)c2ccco2)n1. The number of nitrogens with zero attached hydrogens (tertiary/aromatic N) is 2. The van der Waals surface area contributed by atoms with Crippen LogP contribution in [0.5, 0.6) is 0 Å². The number of aromatic nitrogens is 2. The van der Waals surface area contributed by atoms with Crippen LogP contribution in [-0.2, 0) is 17.8 Å². The van der Waals surface area contributed by atoms with Crippen LogP contribution in [0.1, 0.15) is 22.3 Å². The molecule has 0 saturated heterocycles. The molecule has 0 aliphatic carbocycles. The van der Waals surface area contributed by atoms with Gasteiger partial charge in [-0.05, 0) is 12.1 Å². The van der Waals surface area contributed by atoms with E-state index in [4.69, 9.17) is 13.7 Å². The van der Waals surface area contributed by atoms with Crippen LogP contribution in [0.15, 0.2) is 27.3 Å². The number of furan rings is 1. The van der Waals surface area contributed by atoms with Crippen molar-refractivity contribution in [1.82, 2.24) is 15.5 Å². The minimum Gasteiger partial charge on any atom is -0.459 e. The summed E-state index contributed by atoms with van der Waals surface area (Å²) < 4.78 is 14.8. The van der Waals surface area contributed by atoms with Gasteiger partial charge in [-0.2, -0.15) is 4.98 Å². The molecule has 7 heteroatoms. The van der Waals surface area contributed by atoms with Crippen LogP contribution < -0.4 is 5.32 Å². The number of nitrogens with one attached hydrogen (secondary N) is 1. The standard InChI is InChI=1S/C11H13N3O4/c1-16-7-9-13-10(18-14-9)4-5-12-11(15)8-3-2-6-17-8/h2-3,6H,4-5,7H2,1H3,(H,12,15). The number of methoxy groups -OCH3 is 1. The number of carbonyl (C=O) groups excluding carboxylic acids is 1. The fraction of sp³-hybridized carbons (Fsp3) is 0.364. The first-order valence-electron chi connectivity index (χ1n) is 5.41. The Kier molecular flexibility index (Phi) is 4.08. The van der Waals surface area contributed by atoms with E-state index in [1.54, 1.807) is 19.2 Å². The van der Waals surface area contributed by atoms with E-state index in [0.717, 1.165) is 0 Å². The van der Waals surface area contributed by atoms with Crippen molar-refractivity contribution in [1.29, 1.82) is 0 Å². The first-order valence-corrected chi connectivity index (χ1v) is 5.41. The highest BCUT2D eigenvalue weighted by Crippen LogP contribution is 2.01. The van der Waals surface area contributed by atoms with Gasteiger partial charge in [0.15, 0.2) is 11.6 Å². The summed E-state index contributed by atoms with van der Waals surface area (Å²) >= 11 is 0. The van der Waals surface area contributed by atoms with Gasteiger partial charge in [0.05, 0.1) is 6.26 Å². The number of rotatable bonds is 6. The Morgan fingerprint density at radius 3 is 3.17 bits per heavy atom. The van der Waals surface area contributed by atoms with Crippen molar-refractivity contribution in [3.05, 3.63) is 35.9 Å². The van der Waals surface area contributed by atoms with Crippen LogP contribution in [0.2, 0.25) is 0 Å². The fourth-order valence-corrected chi connectivity index (χ4v) is 1.36. The quantitative estimate of drug-likeness (QED) is 0.815. The van der Waals surface area contributed by atoms with Crippen LogP contribution in [-0.4, -0.2) is 29.7 Å². The molecule has 1 N–H and O–H groups in total. The number of hydrogen-bond donors (Lipinski definition) is 1. The Bertz CT molecular complexity index is 492. The Morgan fingerprint density at radius 2 is 2.44 bits per heavy atom. The molecule has 0 aliphatic rings. The smallest absolute Gasteiger partial charge is 0.286 e. The summed E-state index contributed by atoms with van der Waals surface area (Å²) in [6.07, 6.45) is 1.91. The molecule has 2 aromatic rings. The summed E-state index contributed by atoms with van der Waals surface area (Å²) in [6, 6.07) is 3.25. The molecule has 0 spiro atoms. The Morgan fingerprint density at radius 1 is 1.56 bits per heavy atom. The van der Waals surface area contributed by atoms with Crippen LogP contribution in [0, 0.1) is 0 Å². The minimum absolute atomic E-state index is 0.267. The maximum Gasteiger partial charge on any atom is 0.286 e.